The quantitative estimate of drug-likeness (QED) is 0.711. The van der Waals surface area contributed by atoms with Crippen LogP contribution in [0.3, 0.4) is 0 Å². The first-order valence-electron chi connectivity index (χ1n) is 6.18. The van der Waals surface area contributed by atoms with Crippen LogP contribution in [0.15, 0.2) is 23.4 Å². The molecule has 0 saturated heterocycles. The summed E-state index contributed by atoms with van der Waals surface area (Å²) in [5.41, 5.74) is 0.465. The Hall–Kier alpha value is -1.22. The fraction of sp³-hybridized carbons (Fsp3) is 0.583. The summed E-state index contributed by atoms with van der Waals surface area (Å²) in [6, 6.07) is 3.35. The van der Waals surface area contributed by atoms with Crippen molar-refractivity contribution >= 4 is 15.7 Å². The molecule has 0 aliphatic carbocycles. The van der Waals surface area contributed by atoms with Crippen LogP contribution in [0, 0.1) is 0 Å². The largest absolute Gasteiger partial charge is 0.386 e. The van der Waals surface area contributed by atoms with Gasteiger partial charge in [0.05, 0.1) is 18.9 Å². The Morgan fingerprint density at radius 2 is 1.85 bits per heavy atom. The molecule has 1 aromatic rings. The van der Waals surface area contributed by atoms with Crippen LogP contribution in [-0.4, -0.2) is 65.3 Å². The van der Waals surface area contributed by atoms with Crippen LogP contribution in [0.25, 0.3) is 0 Å². The van der Waals surface area contributed by atoms with Crippen molar-refractivity contribution in [1.82, 2.24) is 9.29 Å². The molecule has 0 aliphatic heterocycles. The van der Waals surface area contributed by atoms with Gasteiger partial charge in [-0.3, -0.25) is 0 Å². The lowest BCUT2D eigenvalue weighted by atomic mass is 10.4. The van der Waals surface area contributed by atoms with Crippen molar-refractivity contribution in [3.8, 4) is 0 Å². The van der Waals surface area contributed by atoms with Crippen molar-refractivity contribution in [1.29, 1.82) is 0 Å². The van der Waals surface area contributed by atoms with Crippen LogP contribution in [0.1, 0.15) is 0 Å². The highest BCUT2D eigenvalue weighted by Gasteiger charge is 2.27. The molecule has 1 N–H and O–H groups in total. The zero-order valence-corrected chi connectivity index (χ0v) is 12.8. The summed E-state index contributed by atoms with van der Waals surface area (Å²) in [5, 5.41) is 2.85. The van der Waals surface area contributed by atoms with E-state index >= 15 is 0 Å². The van der Waals surface area contributed by atoms with Crippen molar-refractivity contribution < 1.29 is 17.9 Å². The first-order chi connectivity index (χ1) is 9.57. The van der Waals surface area contributed by atoms with Crippen LogP contribution >= 0.6 is 0 Å². The number of hydrogen-bond acceptors (Lipinski definition) is 6. The van der Waals surface area contributed by atoms with E-state index in [1.807, 2.05) is 0 Å². The van der Waals surface area contributed by atoms with Crippen LogP contribution in [0.4, 0.5) is 5.69 Å². The van der Waals surface area contributed by atoms with Crippen molar-refractivity contribution in [3.05, 3.63) is 18.3 Å². The Bertz CT molecular complexity index is 499. The van der Waals surface area contributed by atoms with E-state index in [0.29, 0.717) is 18.9 Å². The molecule has 20 heavy (non-hydrogen) atoms. The molecule has 114 valence electrons. The first kappa shape index (κ1) is 16.8. The van der Waals surface area contributed by atoms with Crippen molar-refractivity contribution in [2.75, 3.05) is 52.9 Å². The van der Waals surface area contributed by atoms with Crippen LogP contribution in [0.5, 0.6) is 0 Å². The summed E-state index contributed by atoms with van der Waals surface area (Å²) in [4.78, 5) is 3.98. The molecule has 0 radical (unpaired) electrons. The number of sulfonamides is 1. The summed E-state index contributed by atoms with van der Waals surface area (Å²) in [6.45, 7) is 1.12. The van der Waals surface area contributed by atoms with Crippen molar-refractivity contribution in [3.63, 3.8) is 0 Å². The number of pyridine rings is 1. The summed E-state index contributed by atoms with van der Waals surface area (Å²) in [5.74, 6) is 0. The lowest BCUT2D eigenvalue weighted by Gasteiger charge is -2.22. The number of methoxy groups -OCH3 is 2. The van der Waals surface area contributed by atoms with Gasteiger partial charge in [-0.25, -0.2) is 13.4 Å². The molecule has 1 aromatic heterocycles. The molecular weight excluding hydrogens is 282 g/mol. The monoisotopic (exact) mass is 303 g/mol. The van der Waals surface area contributed by atoms with Gasteiger partial charge in [-0.2, -0.15) is 4.31 Å². The number of ether oxygens (including phenoxy) is 2. The van der Waals surface area contributed by atoms with Gasteiger partial charge in [0, 0.05) is 40.6 Å². The van der Waals surface area contributed by atoms with Gasteiger partial charge in [0.25, 0.3) is 10.0 Å². The minimum atomic E-state index is -3.69. The Morgan fingerprint density at radius 1 is 1.25 bits per heavy atom. The third kappa shape index (κ3) is 4.14. The van der Waals surface area contributed by atoms with Crippen LogP contribution in [0.2, 0.25) is 0 Å². The number of rotatable bonds is 9. The van der Waals surface area contributed by atoms with E-state index in [1.165, 1.54) is 24.7 Å². The van der Waals surface area contributed by atoms with Crippen molar-refractivity contribution in [2.24, 2.45) is 0 Å². The number of nitrogens with one attached hydrogen (secondary N) is 1. The Balaban J connectivity index is 3.07. The van der Waals surface area contributed by atoms with E-state index in [4.69, 9.17) is 9.47 Å². The second-order valence-corrected chi connectivity index (χ2v) is 5.85. The summed E-state index contributed by atoms with van der Waals surface area (Å²) < 4.78 is 36.5. The van der Waals surface area contributed by atoms with Gasteiger partial charge in [0.15, 0.2) is 5.03 Å². The van der Waals surface area contributed by atoms with Crippen LogP contribution < -0.4 is 5.32 Å². The standard InChI is InChI=1S/C12H21N3O4S/c1-13-11-5-4-6-14-12(11)20(16,17)15(7-9-18-2)8-10-19-3/h4-6,13H,7-10H2,1-3H3. The second kappa shape index (κ2) is 8.15. The molecule has 7 nitrogen and oxygen atoms in total. The zero-order valence-electron chi connectivity index (χ0n) is 12.0. The van der Waals surface area contributed by atoms with E-state index in [0.717, 1.165) is 0 Å². The maximum Gasteiger partial charge on any atom is 0.262 e. The van der Waals surface area contributed by atoms with E-state index in [2.05, 4.69) is 10.3 Å². The molecule has 8 heteroatoms. The van der Waals surface area contributed by atoms with Crippen LogP contribution in [-0.2, 0) is 19.5 Å². The molecule has 0 aliphatic rings. The van der Waals surface area contributed by atoms with E-state index in [1.54, 1.807) is 19.2 Å². The highest BCUT2D eigenvalue weighted by atomic mass is 32.2. The third-order valence-electron chi connectivity index (χ3n) is 2.71. The van der Waals surface area contributed by atoms with Crippen molar-refractivity contribution in [2.45, 2.75) is 5.03 Å². The summed E-state index contributed by atoms with van der Waals surface area (Å²) >= 11 is 0. The molecule has 0 bridgehead atoms. The maximum atomic E-state index is 12.6. The fourth-order valence-electron chi connectivity index (χ4n) is 1.65. The van der Waals surface area contributed by atoms with Gasteiger partial charge in [0.1, 0.15) is 0 Å². The predicted molar refractivity (Wildman–Crippen MR) is 76.3 cm³/mol. The van der Waals surface area contributed by atoms with Gasteiger partial charge in [-0.1, -0.05) is 0 Å². The average Bonchev–Trinajstić information content (AvgIpc) is 2.47. The molecule has 0 atom stereocenters. The minimum Gasteiger partial charge on any atom is -0.386 e. The van der Waals surface area contributed by atoms with Gasteiger partial charge in [-0.15, -0.1) is 0 Å². The molecule has 0 amide bonds. The Kier molecular flexibility index (Phi) is 6.86. The van der Waals surface area contributed by atoms with Gasteiger partial charge in [-0.05, 0) is 12.1 Å². The van der Waals surface area contributed by atoms with Gasteiger partial charge < -0.3 is 14.8 Å². The minimum absolute atomic E-state index is 0.00899. The highest BCUT2D eigenvalue weighted by molar-refractivity contribution is 7.89. The second-order valence-electron chi connectivity index (χ2n) is 4.00. The molecule has 0 fully saturated rings. The van der Waals surface area contributed by atoms with E-state index < -0.39 is 10.0 Å². The molecule has 0 aromatic carbocycles. The number of hydrogen-bond donors (Lipinski definition) is 1. The Labute approximate surface area is 120 Å². The lowest BCUT2D eigenvalue weighted by molar-refractivity contribution is 0.150. The summed E-state index contributed by atoms with van der Waals surface area (Å²) in [6.07, 6.45) is 1.46. The van der Waals surface area contributed by atoms with Gasteiger partial charge >= 0.3 is 0 Å². The van der Waals surface area contributed by atoms with Gasteiger partial charge in [0.2, 0.25) is 0 Å². The Morgan fingerprint density at radius 3 is 2.35 bits per heavy atom. The van der Waals surface area contributed by atoms with E-state index in [9.17, 15) is 8.42 Å². The molecule has 1 heterocycles. The normalized spacial score (nSPS) is 11.8. The average molecular weight is 303 g/mol. The molecule has 0 spiro atoms. The SMILES string of the molecule is CNc1cccnc1S(=O)(=O)N(CCOC)CCOC. The fourth-order valence-corrected chi connectivity index (χ4v) is 3.16. The number of anilines is 1. The predicted octanol–water partition coefficient (Wildman–Crippen LogP) is 0.407. The lowest BCUT2D eigenvalue weighted by Crippen LogP contribution is -2.37. The molecular formula is C12H21N3O4S. The van der Waals surface area contributed by atoms with E-state index in [-0.39, 0.29) is 18.1 Å². The summed E-state index contributed by atoms with van der Waals surface area (Å²) in [7, 11) is 1.03. The molecule has 0 unspecified atom stereocenters. The zero-order chi connectivity index (χ0) is 15.0. The topological polar surface area (TPSA) is 80.8 Å². The molecule has 0 saturated carbocycles. The maximum absolute atomic E-state index is 12.6. The number of aromatic nitrogens is 1. The smallest absolute Gasteiger partial charge is 0.262 e. The highest BCUT2D eigenvalue weighted by Crippen LogP contribution is 2.21. The number of nitrogens with zero attached hydrogens (tertiary/aromatic N) is 2. The first-order valence-corrected chi connectivity index (χ1v) is 7.62. The molecule has 1 rings (SSSR count). The third-order valence-corrected chi connectivity index (χ3v) is 4.57.